The number of carbonyl (C=O) groups is 1. The van der Waals surface area contributed by atoms with E-state index in [4.69, 9.17) is 21.3 Å². The van der Waals surface area contributed by atoms with Crippen molar-refractivity contribution in [1.29, 1.82) is 0 Å². The van der Waals surface area contributed by atoms with Crippen LogP contribution < -0.4 is 14.5 Å². The van der Waals surface area contributed by atoms with Crippen LogP contribution in [0.3, 0.4) is 0 Å². The fraction of sp³-hybridized carbons (Fsp3) is 0.486. The van der Waals surface area contributed by atoms with Crippen LogP contribution in [0, 0.1) is 13.5 Å². The molecule has 1 aromatic heterocycles. The van der Waals surface area contributed by atoms with Crippen LogP contribution >= 0.6 is 0 Å². The molecule has 2 aromatic carbocycles. The number of benzene rings is 2. The van der Waals surface area contributed by atoms with E-state index in [1.807, 2.05) is 0 Å². The van der Waals surface area contributed by atoms with Crippen LogP contribution in [0.25, 0.3) is 15.6 Å². The van der Waals surface area contributed by atoms with E-state index in [0.29, 0.717) is 31.7 Å². The standard InChI is InChI=1S/C35H42FN7O2/c1-23-9-6-10-26-11-7-14-31(32(23)26)41-16-15-29-30(22-41)38-35(45-24(2)20-40(5)27-12-8-13-27)39-33(29)42-17-18-43(34(44)25(3)36)28(21-42)19-37-4/h6-7,9-11,14,24,27-28H,3,8,12-13,15-22H2,1-2,5H3/t24-,28+/m1/s1. The molecule has 0 spiro atoms. The largest absolute Gasteiger partial charge is 0.459 e. The first-order chi connectivity index (χ1) is 21.7. The van der Waals surface area contributed by atoms with Crippen molar-refractivity contribution in [1.82, 2.24) is 19.8 Å². The molecule has 1 saturated heterocycles. The third kappa shape index (κ3) is 6.32. The molecule has 9 nitrogen and oxygen atoms in total. The smallest absolute Gasteiger partial charge is 0.318 e. The molecule has 1 saturated carbocycles. The van der Waals surface area contributed by atoms with E-state index >= 15 is 0 Å². The van der Waals surface area contributed by atoms with Crippen LogP contribution in [0.5, 0.6) is 6.01 Å². The van der Waals surface area contributed by atoms with Gasteiger partial charge in [0.15, 0.2) is 5.83 Å². The van der Waals surface area contributed by atoms with Crippen molar-refractivity contribution >= 4 is 28.2 Å². The lowest BCUT2D eigenvalue weighted by Crippen LogP contribution is -2.57. The fourth-order valence-electron chi connectivity index (χ4n) is 7.01. The fourth-order valence-corrected chi connectivity index (χ4v) is 7.01. The molecule has 0 radical (unpaired) electrons. The molecule has 3 aromatic rings. The molecule has 2 atom stereocenters. The minimum atomic E-state index is -1.00. The molecule has 10 heteroatoms. The van der Waals surface area contributed by atoms with Gasteiger partial charge in [0.25, 0.3) is 5.91 Å². The molecular formula is C35H42FN7O2. The van der Waals surface area contributed by atoms with Crippen molar-refractivity contribution in [2.75, 3.05) is 56.1 Å². The number of piperazine rings is 1. The normalized spacial score (nSPS) is 19.2. The minimum Gasteiger partial charge on any atom is -0.459 e. The van der Waals surface area contributed by atoms with E-state index in [9.17, 15) is 9.18 Å². The number of amides is 1. The molecule has 2 fully saturated rings. The highest BCUT2D eigenvalue weighted by Crippen LogP contribution is 2.36. The predicted octanol–water partition coefficient (Wildman–Crippen LogP) is 5.17. The monoisotopic (exact) mass is 611 g/mol. The summed E-state index contributed by atoms with van der Waals surface area (Å²) in [7, 11) is 2.15. The third-order valence-electron chi connectivity index (χ3n) is 9.58. The van der Waals surface area contributed by atoms with Crippen molar-refractivity contribution in [3.8, 4) is 6.01 Å². The number of aryl methyl sites for hydroxylation is 1. The molecule has 3 heterocycles. The molecule has 2 aliphatic heterocycles. The van der Waals surface area contributed by atoms with Crippen LogP contribution in [-0.4, -0.2) is 90.2 Å². The van der Waals surface area contributed by atoms with E-state index in [1.165, 1.54) is 46.2 Å². The van der Waals surface area contributed by atoms with E-state index in [2.05, 4.69) is 83.4 Å². The van der Waals surface area contributed by atoms with Gasteiger partial charge in [-0.3, -0.25) is 9.69 Å². The number of hydrogen-bond donors (Lipinski definition) is 0. The zero-order chi connectivity index (χ0) is 31.7. The average molecular weight is 612 g/mol. The van der Waals surface area contributed by atoms with E-state index in [0.717, 1.165) is 36.6 Å². The maximum atomic E-state index is 13.9. The Hall–Kier alpha value is -4.23. The quantitative estimate of drug-likeness (QED) is 0.244. The molecule has 6 rings (SSSR count). The number of halogens is 1. The third-order valence-corrected chi connectivity index (χ3v) is 9.58. The van der Waals surface area contributed by atoms with Gasteiger partial charge in [-0.15, -0.1) is 0 Å². The number of aromatic nitrogens is 2. The molecule has 1 aliphatic carbocycles. The summed E-state index contributed by atoms with van der Waals surface area (Å²) >= 11 is 0. The van der Waals surface area contributed by atoms with Gasteiger partial charge in [-0.2, -0.15) is 9.97 Å². The lowest BCUT2D eigenvalue weighted by molar-refractivity contribution is -0.131. The van der Waals surface area contributed by atoms with Crippen LogP contribution in [-0.2, 0) is 17.8 Å². The molecule has 1 amide bonds. The lowest BCUT2D eigenvalue weighted by Gasteiger charge is -2.41. The summed E-state index contributed by atoms with van der Waals surface area (Å²) in [6, 6.07) is 13.3. The summed E-state index contributed by atoms with van der Waals surface area (Å²) in [6.45, 7) is 18.3. The summed E-state index contributed by atoms with van der Waals surface area (Å²) in [4.78, 5) is 34.4. The molecule has 0 bridgehead atoms. The number of hydrogen-bond acceptors (Lipinski definition) is 7. The van der Waals surface area contributed by atoms with Gasteiger partial charge in [0.2, 0.25) is 6.54 Å². The second kappa shape index (κ2) is 13.0. The first kappa shape index (κ1) is 30.8. The Morgan fingerprint density at radius 3 is 2.67 bits per heavy atom. The topological polar surface area (TPSA) is 69.4 Å². The second-order valence-electron chi connectivity index (χ2n) is 12.7. The Morgan fingerprint density at radius 2 is 1.96 bits per heavy atom. The highest BCUT2D eigenvalue weighted by molar-refractivity contribution is 5.97. The van der Waals surface area contributed by atoms with Gasteiger partial charge in [0.05, 0.1) is 12.2 Å². The maximum Gasteiger partial charge on any atom is 0.318 e. The summed E-state index contributed by atoms with van der Waals surface area (Å²) in [6.07, 6.45) is 4.36. The first-order valence-electron chi connectivity index (χ1n) is 16.0. The summed E-state index contributed by atoms with van der Waals surface area (Å²) < 4.78 is 20.3. The van der Waals surface area contributed by atoms with Crippen molar-refractivity contribution in [3.63, 3.8) is 0 Å². The highest BCUT2D eigenvalue weighted by atomic mass is 19.1. The van der Waals surface area contributed by atoms with E-state index in [1.54, 1.807) is 0 Å². The van der Waals surface area contributed by atoms with Gasteiger partial charge in [-0.05, 0) is 57.2 Å². The number of rotatable bonds is 9. The summed E-state index contributed by atoms with van der Waals surface area (Å²) in [5.74, 6) is -0.968. The second-order valence-corrected chi connectivity index (χ2v) is 12.7. The molecule has 0 N–H and O–H groups in total. The Balaban J connectivity index is 1.33. The SMILES string of the molecule is [C-]#[N+]C[C@H]1CN(c2nc(O[C@H](C)CN(C)C3CCC3)nc3c2CCN(c2cccc4cccc(C)c24)C3)CCN1C(=O)C(=C)F. The number of likely N-dealkylation sites (N-methyl/N-ethyl adjacent to an activating group) is 1. The Kier molecular flexibility index (Phi) is 8.90. The molecule has 3 aliphatic rings. The first-order valence-corrected chi connectivity index (χ1v) is 16.0. The van der Waals surface area contributed by atoms with Gasteiger partial charge < -0.3 is 24.3 Å². The van der Waals surface area contributed by atoms with Crippen molar-refractivity contribution in [2.24, 2.45) is 0 Å². The van der Waals surface area contributed by atoms with Crippen molar-refractivity contribution in [3.05, 3.63) is 77.0 Å². The number of anilines is 2. The Bertz CT molecular complexity index is 1630. The number of nitrogens with zero attached hydrogens (tertiary/aromatic N) is 7. The van der Waals surface area contributed by atoms with Crippen LogP contribution in [0.1, 0.15) is 43.0 Å². The number of fused-ring (bicyclic) bond motifs is 2. The van der Waals surface area contributed by atoms with Gasteiger partial charge >= 0.3 is 6.01 Å². The van der Waals surface area contributed by atoms with Gasteiger partial charge in [0, 0.05) is 55.4 Å². The lowest BCUT2D eigenvalue weighted by atomic mass is 9.92. The zero-order valence-electron chi connectivity index (χ0n) is 26.5. The van der Waals surface area contributed by atoms with Crippen molar-refractivity contribution in [2.45, 2.75) is 64.3 Å². The molecular weight excluding hydrogens is 569 g/mol. The molecule has 45 heavy (non-hydrogen) atoms. The van der Waals surface area contributed by atoms with E-state index in [-0.39, 0.29) is 19.2 Å². The Morgan fingerprint density at radius 1 is 1.18 bits per heavy atom. The van der Waals surface area contributed by atoms with Crippen LogP contribution in [0.2, 0.25) is 0 Å². The van der Waals surface area contributed by atoms with Gasteiger partial charge in [0.1, 0.15) is 18.0 Å². The zero-order valence-corrected chi connectivity index (χ0v) is 26.5. The molecule has 0 unspecified atom stereocenters. The predicted molar refractivity (Wildman–Crippen MR) is 175 cm³/mol. The van der Waals surface area contributed by atoms with Crippen LogP contribution in [0.15, 0.2) is 48.8 Å². The van der Waals surface area contributed by atoms with E-state index < -0.39 is 17.8 Å². The number of carbonyl (C=O) groups excluding carboxylic acids is 1. The van der Waals surface area contributed by atoms with Gasteiger partial charge in [-0.1, -0.05) is 43.3 Å². The van der Waals surface area contributed by atoms with Gasteiger partial charge in [-0.25, -0.2) is 11.0 Å². The molecule has 236 valence electrons. The average Bonchev–Trinajstić information content (AvgIpc) is 2.99. The Labute approximate surface area is 265 Å². The summed E-state index contributed by atoms with van der Waals surface area (Å²) in [5.41, 5.74) is 4.40. The van der Waals surface area contributed by atoms with Crippen LogP contribution in [0.4, 0.5) is 15.9 Å². The summed E-state index contributed by atoms with van der Waals surface area (Å²) in [5, 5.41) is 2.46. The number of ether oxygens (including phenoxy) is 1. The maximum absolute atomic E-state index is 13.9. The van der Waals surface area contributed by atoms with Crippen molar-refractivity contribution < 1.29 is 13.9 Å². The highest BCUT2D eigenvalue weighted by Gasteiger charge is 2.36. The minimum absolute atomic E-state index is 0.0743.